The molecule has 1 heterocycles. The summed E-state index contributed by atoms with van der Waals surface area (Å²) in [6.45, 7) is 0.587. The zero-order valence-electron chi connectivity index (χ0n) is 10.1. The molecule has 2 amide bonds. The number of likely N-dealkylation sites (tertiary alicyclic amines) is 1. The molecule has 0 aliphatic carbocycles. The lowest BCUT2D eigenvalue weighted by Gasteiger charge is -2.13. The second-order valence-corrected chi connectivity index (χ2v) is 5.20. The topological polar surface area (TPSA) is 69.6 Å². The van der Waals surface area contributed by atoms with E-state index in [-0.39, 0.29) is 27.3 Å². The number of phenols is 1. The molecule has 0 bridgehead atoms. The van der Waals surface area contributed by atoms with Gasteiger partial charge in [0.05, 0.1) is 10.6 Å². The van der Waals surface area contributed by atoms with E-state index >= 15 is 0 Å². The maximum atomic E-state index is 12.0. The Balaban J connectivity index is 2.19. The Morgan fingerprint density at radius 3 is 2.68 bits per heavy atom. The molecule has 1 atom stereocenters. The summed E-state index contributed by atoms with van der Waals surface area (Å²) in [7, 11) is 1.67. The van der Waals surface area contributed by atoms with Gasteiger partial charge in [-0.1, -0.05) is 23.2 Å². The average Bonchev–Trinajstić information content (AvgIpc) is 2.59. The lowest BCUT2D eigenvalue weighted by Crippen LogP contribution is -2.40. The standard InChI is InChI=1S/C12H12Cl2N2O3/c1-16-3-2-8(12(16)19)15-11(18)10-7(14)4-6(13)5-9(10)17/h4-5,8,17H,2-3H2,1H3,(H,15,18)/t8-/m1/s1. The van der Waals surface area contributed by atoms with Gasteiger partial charge in [0.2, 0.25) is 5.91 Å². The molecule has 1 fully saturated rings. The van der Waals surface area contributed by atoms with Crippen LogP contribution in [0.5, 0.6) is 5.75 Å². The van der Waals surface area contributed by atoms with Crippen molar-refractivity contribution in [1.82, 2.24) is 10.2 Å². The summed E-state index contributed by atoms with van der Waals surface area (Å²) >= 11 is 11.6. The van der Waals surface area contributed by atoms with Gasteiger partial charge in [0.25, 0.3) is 5.91 Å². The molecule has 2 N–H and O–H groups in total. The Labute approximate surface area is 120 Å². The first-order chi connectivity index (χ1) is 8.90. The van der Waals surface area contributed by atoms with Crippen molar-refractivity contribution in [2.45, 2.75) is 12.5 Å². The molecule has 0 saturated carbocycles. The van der Waals surface area contributed by atoms with Crippen molar-refractivity contribution < 1.29 is 14.7 Å². The molecule has 0 spiro atoms. The summed E-state index contributed by atoms with van der Waals surface area (Å²) in [6, 6.07) is 2.01. The second kappa shape index (κ2) is 5.27. The predicted molar refractivity (Wildman–Crippen MR) is 71.6 cm³/mol. The number of aromatic hydroxyl groups is 1. The number of nitrogens with one attached hydrogen (secondary N) is 1. The summed E-state index contributed by atoms with van der Waals surface area (Å²) < 4.78 is 0. The molecule has 5 nitrogen and oxygen atoms in total. The van der Waals surface area contributed by atoms with Crippen molar-refractivity contribution in [3.05, 3.63) is 27.7 Å². The van der Waals surface area contributed by atoms with Crippen LogP contribution in [0.1, 0.15) is 16.8 Å². The SMILES string of the molecule is CN1CC[C@@H](NC(=O)c2c(O)cc(Cl)cc2Cl)C1=O. The van der Waals surface area contributed by atoms with E-state index in [2.05, 4.69) is 5.32 Å². The summed E-state index contributed by atoms with van der Waals surface area (Å²) in [5.74, 6) is -1.06. The van der Waals surface area contributed by atoms with Gasteiger partial charge in [0.15, 0.2) is 0 Å². The highest BCUT2D eigenvalue weighted by atomic mass is 35.5. The number of rotatable bonds is 2. The quantitative estimate of drug-likeness (QED) is 0.873. The molecule has 2 rings (SSSR count). The van der Waals surface area contributed by atoms with E-state index in [4.69, 9.17) is 23.2 Å². The number of benzene rings is 1. The molecule has 1 aliphatic heterocycles. The van der Waals surface area contributed by atoms with Gasteiger partial charge in [-0.2, -0.15) is 0 Å². The minimum atomic E-state index is -0.590. The number of amides is 2. The van der Waals surface area contributed by atoms with Crippen LogP contribution in [0, 0.1) is 0 Å². The van der Waals surface area contributed by atoms with Crippen molar-refractivity contribution in [2.75, 3.05) is 13.6 Å². The molecule has 0 radical (unpaired) electrons. The molecule has 102 valence electrons. The highest BCUT2D eigenvalue weighted by molar-refractivity contribution is 6.37. The maximum absolute atomic E-state index is 12.0. The van der Waals surface area contributed by atoms with E-state index in [1.54, 1.807) is 7.05 Å². The van der Waals surface area contributed by atoms with Crippen molar-refractivity contribution in [2.24, 2.45) is 0 Å². The minimum absolute atomic E-state index is 0.0429. The molecule has 0 unspecified atom stereocenters. The fourth-order valence-corrected chi connectivity index (χ4v) is 2.54. The highest BCUT2D eigenvalue weighted by Crippen LogP contribution is 2.30. The number of halogens is 2. The van der Waals surface area contributed by atoms with Crippen LogP contribution < -0.4 is 5.32 Å². The maximum Gasteiger partial charge on any atom is 0.257 e. The van der Waals surface area contributed by atoms with Crippen LogP contribution >= 0.6 is 23.2 Å². The monoisotopic (exact) mass is 302 g/mol. The summed E-state index contributed by atoms with van der Waals surface area (Å²) in [5, 5.41) is 12.5. The first-order valence-electron chi connectivity index (χ1n) is 5.64. The summed E-state index contributed by atoms with van der Waals surface area (Å²) in [5.41, 5.74) is -0.0755. The van der Waals surface area contributed by atoms with Crippen LogP contribution in [-0.4, -0.2) is 41.5 Å². The molecule has 1 aromatic rings. The van der Waals surface area contributed by atoms with Gasteiger partial charge in [0, 0.05) is 18.6 Å². The third-order valence-electron chi connectivity index (χ3n) is 2.99. The van der Waals surface area contributed by atoms with Crippen LogP contribution in [0.25, 0.3) is 0 Å². The van der Waals surface area contributed by atoms with Crippen LogP contribution in [0.3, 0.4) is 0 Å². The predicted octanol–water partition coefficient (Wildman–Crippen LogP) is 1.66. The Morgan fingerprint density at radius 1 is 1.47 bits per heavy atom. The fourth-order valence-electron chi connectivity index (χ4n) is 1.97. The van der Waals surface area contributed by atoms with Crippen LogP contribution in [0.2, 0.25) is 10.0 Å². The number of phenolic OH excluding ortho intramolecular Hbond substituents is 1. The normalized spacial score (nSPS) is 18.8. The minimum Gasteiger partial charge on any atom is -0.507 e. The van der Waals surface area contributed by atoms with E-state index in [1.807, 2.05) is 0 Å². The molecular weight excluding hydrogens is 291 g/mol. The largest absolute Gasteiger partial charge is 0.507 e. The van der Waals surface area contributed by atoms with E-state index in [0.29, 0.717) is 13.0 Å². The van der Waals surface area contributed by atoms with Crippen LogP contribution in [0.4, 0.5) is 0 Å². The van der Waals surface area contributed by atoms with Crippen molar-refractivity contribution in [3.8, 4) is 5.75 Å². The molecule has 1 aromatic carbocycles. The number of likely N-dealkylation sites (N-methyl/N-ethyl adjacent to an activating group) is 1. The zero-order valence-corrected chi connectivity index (χ0v) is 11.6. The molecule has 19 heavy (non-hydrogen) atoms. The third-order valence-corrected chi connectivity index (χ3v) is 3.51. The first-order valence-corrected chi connectivity index (χ1v) is 6.39. The highest BCUT2D eigenvalue weighted by Gasteiger charge is 2.31. The molecule has 0 aromatic heterocycles. The van der Waals surface area contributed by atoms with E-state index in [9.17, 15) is 14.7 Å². The number of nitrogens with zero attached hydrogens (tertiary/aromatic N) is 1. The second-order valence-electron chi connectivity index (χ2n) is 4.36. The van der Waals surface area contributed by atoms with Gasteiger partial charge < -0.3 is 15.3 Å². The Kier molecular flexibility index (Phi) is 3.87. The van der Waals surface area contributed by atoms with Gasteiger partial charge in [-0.3, -0.25) is 9.59 Å². The molecule has 1 saturated heterocycles. The van der Waals surface area contributed by atoms with E-state index in [1.165, 1.54) is 17.0 Å². The van der Waals surface area contributed by atoms with Gasteiger partial charge in [-0.25, -0.2) is 0 Å². The number of hydrogen-bond acceptors (Lipinski definition) is 3. The average molecular weight is 303 g/mol. The summed E-state index contributed by atoms with van der Waals surface area (Å²) in [6.07, 6.45) is 0.535. The first kappa shape index (κ1) is 14.0. The van der Waals surface area contributed by atoms with Crippen LogP contribution in [-0.2, 0) is 4.79 Å². The van der Waals surface area contributed by atoms with Gasteiger partial charge >= 0.3 is 0 Å². The lowest BCUT2D eigenvalue weighted by molar-refractivity contribution is -0.128. The Bertz CT molecular complexity index is 525. The fraction of sp³-hybridized carbons (Fsp3) is 0.333. The molecular formula is C12H12Cl2N2O3. The smallest absolute Gasteiger partial charge is 0.257 e. The van der Waals surface area contributed by atoms with Crippen LogP contribution in [0.15, 0.2) is 12.1 Å². The van der Waals surface area contributed by atoms with Crippen molar-refractivity contribution in [3.63, 3.8) is 0 Å². The van der Waals surface area contributed by atoms with Gasteiger partial charge in [0.1, 0.15) is 11.8 Å². The molecule has 1 aliphatic rings. The zero-order chi connectivity index (χ0) is 14.2. The van der Waals surface area contributed by atoms with Crippen molar-refractivity contribution >= 4 is 35.0 Å². The third kappa shape index (κ3) is 2.77. The number of hydrogen-bond donors (Lipinski definition) is 2. The number of carbonyl (C=O) groups excluding carboxylic acids is 2. The van der Waals surface area contributed by atoms with Crippen molar-refractivity contribution in [1.29, 1.82) is 0 Å². The lowest BCUT2D eigenvalue weighted by atomic mass is 10.1. The van der Waals surface area contributed by atoms with E-state index < -0.39 is 11.9 Å². The van der Waals surface area contributed by atoms with Gasteiger partial charge in [-0.05, 0) is 18.6 Å². The molecule has 7 heteroatoms. The Hall–Kier alpha value is -1.46. The Morgan fingerprint density at radius 2 is 2.16 bits per heavy atom. The van der Waals surface area contributed by atoms with Gasteiger partial charge in [-0.15, -0.1) is 0 Å². The van der Waals surface area contributed by atoms with E-state index in [0.717, 1.165) is 0 Å². The summed E-state index contributed by atoms with van der Waals surface area (Å²) in [4.78, 5) is 25.3. The number of carbonyl (C=O) groups is 2.